The van der Waals surface area contributed by atoms with E-state index in [1.165, 1.54) is 32.1 Å². The first-order chi connectivity index (χ1) is 25.2. The number of phosphoric acid groups is 1. The summed E-state index contributed by atoms with van der Waals surface area (Å²) >= 11 is 0. The summed E-state index contributed by atoms with van der Waals surface area (Å²) < 4.78 is 32.6. The number of aliphatic hydroxyl groups is 1. The van der Waals surface area contributed by atoms with Gasteiger partial charge in [0.15, 0.2) is 6.10 Å². The zero-order valence-corrected chi connectivity index (χ0v) is 33.3. The van der Waals surface area contributed by atoms with Crippen molar-refractivity contribution >= 4 is 19.8 Å². The van der Waals surface area contributed by atoms with Crippen molar-refractivity contribution in [2.45, 2.75) is 161 Å². The van der Waals surface area contributed by atoms with E-state index in [0.29, 0.717) is 19.3 Å². The molecule has 52 heavy (non-hydrogen) atoms. The number of aliphatic hydroxyl groups excluding tert-OH is 1. The van der Waals surface area contributed by atoms with Crippen molar-refractivity contribution in [3.8, 4) is 0 Å². The summed E-state index contributed by atoms with van der Waals surface area (Å²) in [7, 11) is -4.40. The molecule has 3 atom stereocenters. The molecule has 0 spiro atoms. The van der Waals surface area contributed by atoms with Crippen molar-refractivity contribution in [2.75, 3.05) is 26.4 Å². The monoisotopic (exact) mass is 753 g/mol. The fourth-order valence-electron chi connectivity index (χ4n) is 4.93. The lowest BCUT2D eigenvalue weighted by Crippen LogP contribution is -2.29. The molecule has 1 unspecified atom stereocenters. The molecule has 0 aliphatic rings. The molecular weight excluding hydrogens is 681 g/mol. The van der Waals surface area contributed by atoms with Crippen molar-refractivity contribution in [2.24, 2.45) is 5.73 Å². The van der Waals surface area contributed by atoms with Crippen LogP contribution in [0, 0.1) is 0 Å². The third kappa shape index (κ3) is 37.4. The summed E-state index contributed by atoms with van der Waals surface area (Å²) in [5.74, 6) is -0.928. The van der Waals surface area contributed by atoms with E-state index in [1.807, 2.05) is 19.1 Å². The highest BCUT2D eigenvalue weighted by atomic mass is 31.2. The van der Waals surface area contributed by atoms with Crippen molar-refractivity contribution in [3.05, 3.63) is 60.8 Å². The highest BCUT2D eigenvalue weighted by Crippen LogP contribution is 2.43. The van der Waals surface area contributed by atoms with Crippen LogP contribution in [0.4, 0.5) is 0 Å². The zero-order chi connectivity index (χ0) is 38.4. The predicted molar refractivity (Wildman–Crippen MR) is 212 cm³/mol. The first-order valence-electron chi connectivity index (χ1n) is 19.8. The second kappa shape index (κ2) is 37.0. The van der Waals surface area contributed by atoms with E-state index in [0.717, 1.165) is 70.6 Å². The molecule has 0 radical (unpaired) electrons. The Kier molecular flexibility index (Phi) is 35.3. The second-order valence-electron chi connectivity index (χ2n) is 13.1. The number of rotatable bonds is 36. The van der Waals surface area contributed by atoms with Gasteiger partial charge in [0.2, 0.25) is 0 Å². The standard InChI is InChI=1S/C41H72NO9P/c1-3-4-5-6-7-8-9-13-17-20-23-26-29-32-40(44)48-36-39(37-50-52(46,47)49-35-34-42)51-41(45)33-30-27-24-21-18-15-12-10-11-14-16-19-22-25-28-31-38(2)43/h8-9,11-12,14-15,19,21-22,24,38-39,43H,3-7,10,13,16-18,20,23,25-37,42H2,1-2H3,(H,46,47)/b9-8-,14-11-,15-12-,22-19-,24-21-/t38-,39+/m0/s1. The minimum atomic E-state index is -4.40. The number of carbonyl (C=O) groups excluding carboxylic acids is 2. The molecule has 0 heterocycles. The van der Waals surface area contributed by atoms with Gasteiger partial charge in [-0.1, -0.05) is 106 Å². The summed E-state index contributed by atoms with van der Waals surface area (Å²) in [6.07, 6.45) is 39.6. The third-order valence-electron chi connectivity index (χ3n) is 7.89. The highest BCUT2D eigenvalue weighted by Gasteiger charge is 2.25. The van der Waals surface area contributed by atoms with Crippen molar-refractivity contribution in [1.82, 2.24) is 0 Å². The van der Waals surface area contributed by atoms with Gasteiger partial charge < -0.3 is 25.2 Å². The number of esters is 2. The number of nitrogens with two attached hydrogens (primary N) is 1. The quantitative estimate of drug-likeness (QED) is 0.0244. The van der Waals surface area contributed by atoms with E-state index < -0.39 is 32.5 Å². The van der Waals surface area contributed by atoms with Gasteiger partial charge in [0.1, 0.15) is 6.61 Å². The van der Waals surface area contributed by atoms with Crippen LogP contribution in [0.25, 0.3) is 0 Å². The van der Waals surface area contributed by atoms with Crippen LogP contribution >= 0.6 is 7.82 Å². The zero-order valence-electron chi connectivity index (χ0n) is 32.4. The van der Waals surface area contributed by atoms with Gasteiger partial charge in [0.25, 0.3) is 0 Å². The Balaban J connectivity index is 4.34. The molecule has 0 aromatic rings. The summed E-state index contributed by atoms with van der Waals surface area (Å²) in [4.78, 5) is 34.7. The van der Waals surface area contributed by atoms with Crippen molar-refractivity contribution in [3.63, 3.8) is 0 Å². The van der Waals surface area contributed by atoms with Crippen LogP contribution in [0.5, 0.6) is 0 Å². The van der Waals surface area contributed by atoms with Gasteiger partial charge in [-0.05, 0) is 90.4 Å². The van der Waals surface area contributed by atoms with Gasteiger partial charge in [-0.25, -0.2) is 4.57 Å². The largest absolute Gasteiger partial charge is 0.472 e. The number of hydrogen-bond donors (Lipinski definition) is 3. The summed E-state index contributed by atoms with van der Waals surface area (Å²) in [5, 5.41) is 9.26. The fourth-order valence-corrected chi connectivity index (χ4v) is 5.70. The van der Waals surface area contributed by atoms with E-state index in [1.54, 1.807) is 0 Å². The molecule has 0 rings (SSSR count). The molecule has 11 heteroatoms. The van der Waals surface area contributed by atoms with E-state index in [-0.39, 0.29) is 38.7 Å². The highest BCUT2D eigenvalue weighted by molar-refractivity contribution is 7.47. The number of allylic oxidation sites excluding steroid dienone is 10. The Hall–Kier alpha value is -2.33. The normalized spacial score (nSPS) is 14.6. The van der Waals surface area contributed by atoms with Gasteiger partial charge in [-0.2, -0.15) is 0 Å². The van der Waals surface area contributed by atoms with Gasteiger partial charge in [-0.15, -0.1) is 0 Å². The maximum Gasteiger partial charge on any atom is 0.472 e. The number of carbonyl (C=O) groups is 2. The van der Waals surface area contributed by atoms with Crippen LogP contribution in [0.2, 0.25) is 0 Å². The van der Waals surface area contributed by atoms with Crippen LogP contribution in [-0.4, -0.2) is 60.5 Å². The molecule has 0 saturated carbocycles. The van der Waals surface area contributed by atoms with Crippen LogP contribution in [0.15, 0.2) is 60.8 Å². The van der Waals surface area contributed by atoms with Crippen LogP contribution < -0.4 is 5.73 Å². The SMILES string of the molecule is CCCCCC/C=C\CCCCCCCC(=O)OC[C@H](COP(=O)(O)OCCN)OC(=O)CCC/C=C\C/C=C\C/C=C\C/C=C\CCC[C@H](C)O. The van der Waals surface area contributed by atoms with E-state index in [9.17, 15) is 24.2 Å². The first-order valence-corrected chi connectivity index (χ1v) is 21.3. The number of phosphoric ester groups is 1. The molecule has 10 nitrogen and oxygen atoms in total. The first kappa shape index (κ1) is 49.7. The molecule has 0 aromatic carbocycles. The number of ether oxygens (including phenoxy) is 2. The van der Waals surface area contributed by atoms with Crippen LogP contribution in [0.1, 0.15) is 149 Å². The predicted octanol–water partition coefficient (Wildman–Crippen LogP) is 9.91. The Morgan fingerprint density at radius 1 is 0.654 bits per heavy atom. The minimum Gasteiger partial charge on any atom is -0.462 e. The summed E-state index contributed by atoms with van der Waals surface area (Å²) in [5.41, 5.74) is 5.33. The minimum absolute atomic E-state index is 0.0358. The second-order valence-corrected chi connectivity index (χ2v) is 14.5. The van der Waals surface area contributed by atoms with E-state index in [4.69, 9.17) is 24.3 Å². The topological polar surface area (TPSA) is 155 Å². The molecule has 0 aliphatic carbocycles. The van der Waals surface area contributed by atoms with E-state index in [2.05, 4.69) is 55.5 Å². The van der Waals surface area contributed by atoms with Crippen LogP contribution in [0.3, 0.4) is 0 Å². The van der Waals surface area contributed by atoms with Crippen molar-refractivity contribution < 1.29 is 42.7 Å². The molecule has 0 saturated heterocycles. The summed E-state index contributed by atoms with van der Waals surface area (Å²) in [6, 6.07) is 0. The molecular formula is C41H72NO9P. The lowest BCUT2D eigenvalue weighted by Gasteiger charge is -2.19. The third-order valence-corrected chi connectivity index (χ3v) is 8.88. The van der Waals surface area contributed by atoms with Gasteiger partial charge in [0, 0.05) is 19.4 Å². The maximum atomic E-state index is 12.5. The van der Waals surface area contributed by atoms with Gasteiger partial charge in [-0.3, -0.25) is 18.6 Å². The van der Waals surface area contributed by atoms with Crippen molar-refractivity contribution in [1.29, 1.82) is 0 Å². The Morgan fingerprint density at radius 3 is 1.75 bits per heavy atom. The fraction of sp³-hybridized carbons (Fsp3) is 0.707. The molecule has 0 amide bonds. The molecule has 300 valence electrons. The molecule has 0 aliphatic heterocycles. The molecule has 0 aromatic heterocycles. The lowest BCUT2D eigenvalue weighted by molar-refractivity contribution is -0.161. The van der Waals surface area contributed by atoms with Crippen LogP contribution in [-0.2, 0) is 32.7 Å². The average molecular weight is 754 g/mol. The van der Waals surface area contributed by atoms with Gasteiger partial charge >= 0.3 is 19.8 Å². The molecule has 0 bridgehead atoms. The average Bonchev–Trinajstić information content (AvgIpc) is 3.11. The maximum absolute atomic E-state index is 12.5. The lowest BCUT2D eigenvalue weighted by atomic mass is 10.1. The molecule has 4 N–H and O–H groups in total. The number of unbranched alkanes of at least 4 members (excludes halogenated alkanes) is 11. The van der Waals surface area contributed by atoms with Gasteiger partial charge in [0.05, 0.1) is 19.3 Å². The Labute approximate surface area is 315 Å². The number of hydrogen-bond acceptors (Lipinski definition) is 9. The Bertz CT molecular complexity index is 1050. The summed E-state index contributed by atoms with van der Waals surface area (Å²) in [6.45, 7) is 3.16. The smallest absolute Gasteiger partial charge is 0.462 e. The Morgan fingerprint density at radius 2 is 1.15 bits per heavy atom. The van der Waals surface area contributed by atoms with E-state index >= 15 is 0 Å². The molecule has 0 fully saturated rings.